The predicted molar refractivity (Wildman–Crippen MR) is 97.9 cm³/mol. The fraction of sp³-hybridized carbons (Fsp3) is 0.263. The average Bonchev–Trinajstić information content (AvgIpc) is 3.22. The van der Waals surface area contributed by atoms with Crippen LogP contribution in [0.3, 0.4) is 0 Å². The van der Waals surface area contributed by atoms with E-state index >= 15 is 0 Å². The van der Waals surface area contributed by atoms with Gasteiger partial charge in [0.2, 0.25) is 11.6 Å². The topological polar surface area (TPSA) is 85.1 Å². The summed E-state index contributed by atoms with van der Waals surface area (Å²) in [6.07, 6.45) is 0. The standard InChI is InChI=1S/C19H20N2O6/c1-22-13-6-12(7-14(10-13)23-2)19-20-18(21-27-19)11-8-15(24-3)17(26-5)16(9-11)25-4/h6-10H,1-5H3. The molecule has 0 aliphatic carbocycles. The van der Waals surface area contributed by atoms with Gasteiger partial charge in [-0.05, 0) is 24.3 Å². The zero-order valence-corrected chi connectivity index (χ0v) is 15.7. The third-order valence-corrected chi connectivity index (χ3v) is 3.95. The summed E-state index contributed by atoms with van der Waals surface area (Å²) in [4.78, 5) is 4.47. The first-order valence-electron chi connectivity index (χ1n) is 8.01. The predicted octanol–water partition coefficient (Wildman–Crippen LogP) is 3.45. The van der Waals surface area contributed by atoms with E-state index in [-0.39, 0.29) is 0 Å². The lowest BCUT2D eigenvalue weighted by Crippen LogP contribution is -1.96. The van der Waals surface area contributed by atoms with E-state index in [0.29, 0.717) is 51.6 Å². The van der Waals surface area contributed by atoms with Gasteiger partial charge in [0.25, 0.3) is 5.89 Å². The summed E-state index contributed by atoms with van der Waals surface area (Å²) in [6, 6.07) is 8.84. The summed E-state index contributed by atoms with van der Waals surface area (Å²) in [5.74, 6) is 3.45. The van der Waals surface area contributed by atoms with Crippen LogP contribution >= 0.6 is 0 Å². The second-order valence-electron chi connectivity index (χ2n) is 5.44. The van der Waals surface area contributed by atoms with Crippen LogP contribution in [-0.4, -0.2) is 45.7 Å². The molecule has 0 bridgehead atoms. The lowest BCUT2D eigenvalue weighted by Gasteiger charge is -2.12. The lowest BCUT2D eigenvalue weighted by molar-refractivity contribution is 0.324. The van der Waals surface area contributed by atoms with Crippen LogP contribution in [0.4, 0.5) is 0 Å². The van der Waals surface area contributed by atoms with Crippen LogP contribution in [0.1, 0.15) is 0 Å². The normalized spacial score (nSPS) is 10.4. The van der Waals surface area contributed by atoms with Gasteiger partial charge in [-0.2, -0.15) is 4.98 Å². The molecule has 8 nitrogen and oxygen atoms in total. The fourth-order valence-electron chi connectivity index (χ4n) is 2.60. The number of aromatic nitrogens is 2. The second-order valence-corrected chi connectivity index (χ2v) is 5.44. The lowest BCUT2D eigenvalue weighted by atomic mass is 10.1. The van der Waals surface area contributed by atoms with Gasteiger partial charge in [0.05, 0.1) is 35.5 Å². The number of benzene rings is 2. The molecule has 0 fully saturated rings. The molecule has 0 saturated heterocycles. The van der Waals surface area contributed by atoms with E-state index < -0.39 is 0 Å². The molecule has 0 atom stereocenters. The van der Waals surface area contributed by atoms with Crippen LogP contribution in [-0.2, 0) is 0 Å². The van der Waals surface area contributed by atoms with E-state index in [2.05, 4.69) is 10.1 Å². The number of hydrogen-bond donors (Lipinski definition) is 0. The Hall–Kier alpha value is -3.42. The van der Waals surface area contributed by atoms with Crippen molar-refractivity contribution in [1.29, 1.82) is 0 Å². The van der Waals surface area contributed by atoms with Crippen molar-refractivity contribution < 1.29 is 28.2 Å². The quantitative estimate of drug-likeness (QED) is 0.623. The number of rotatable bonds is 7. The van der Waals surface area contributed by atoms with E-state index in [1.165, 1.54) is 0 Å². The van der Waals surface area contributed by atoms with Gasteiger partial charge >= 0.3 is 0 Å². The summed E-state index contributed by atoms with van der Waals surface area (Å²) in [5, 5.41) is 4.06. The zero-order chi connectivity index (χ0) is 19.4. The van der Waals surface area contributed by atoms with Crippen molar-refractivity contribution in [3.05, 3.63) is 30.3 Å². The smallest absolute Gasteiger partial charge is 0.258 e. The molecular weight excluding hydrogens is 352 g/mol. The maximum Gasteiger partial charge on any atom is 0.258 e. The minimum Gasteiger partial charge on any atom is -0.497 e. The van der Waals surface area contributed by atoms with Crippen LogP contribution in [0, 0.1) is 0 Å². The Labute approximate surface area is 156 Å². The number of nitrogens with zero attached hydrogens (tertiary/aromatic N) is 2. The van der Waals surface area contributed by atoms with Crippen LogP contribution in [0.5, 0.6) is 28.7 Å². The summed E-state index contributed by atoms with van der Waals surface area (Å²) < 4.78 is 32.1. The summed E-state index contributed by atoms with van der Waals surface area (Å²) in [7, 11) is 7.79. The summed E-state index contributed by atoms with van der Waals surface area (Å²) in [5.41, 5.74) is 1.34. The first-order chi connectivity index (χ1) is 13.1. The number of methoxy groups -OCH3 is 5. The van der Waals surface area contributed by atoms with Crippen LogP contribution in [0.2, 0.25) is 0 Å². The molecule has 8 heteroatoms. The van der Waals surface area contributed by atoms with Crippen molar-refractivity contribution in [2.45, 2.75) is 0 Å². The molecule has 3 aromatic rings. The van der Waals surface area contributed by atoms with E-state index in [4.69, 9.17) is 28.2 Å². The third kappa shape index (κ3) is 3.59. The van der Waals surface area contributed by atoms with Gasteiger partial charge in [-0.1, -0.05) is 5.16 Å². The largest absolute Gasteiger partial charge is 0.497 e. The van der Waals surface area contributed by atoms with Gasteiger partial charge in [-0.25, -0.2) is 0 Å². The number of hydrogen-bond acceptors (Lipinski definition) is 8. The maximum absolute atomic E-state index is 5.42. The van der Waals surface area contributed by atoms with E-state index in [0.717, 1.165) is 0 Å². The molecular formula is C19H20N2O6. The average molecular weight is 372 g/mol. The van der Waals surface area contributed by atoms with Gasteiger partial charge in [-0.15, -0.1) is 0 Å². The van der Waals surface area contributed by atoms with Crippen molar-refractivity contribution in [3.8, 4) is 51.6 Å². The highest BCUT2D eigenvalue weighted by Crippen LogP contribution is 2.41. The summed E-state index contributed by atoms with van der Waals surface area (Å²) in [6.45, 7) is 0. The van der Waals surface area contributed by atoms with Gasteiger partial charge in [-0.3, -0.25) is 0 Å². The SMILES string of the molecule is COc1cc(OC)cc(-c2nc(-c3cc(OC)c(OC)c(OC)c3)no2)c1. The molecule has 1 aromatic heterocycles. The van der Waals surface area contributed by atoms with Gasteiger partial charge in [0, 0.05) is 17.2 Å². The first-order valence-corrected chi connectivity index (χ1v) is 8.01. The molecule has 3 rings (SSSR count). The molecule has 0 aliphatic heterocycles. The van der Waals surface area contributed by atoms with E-state index in [9.17, 15) is 0 Å². The van der Waals surface area contributed by atoms with Crippen LogP contribution in [0.25, 0.3) is 22.8 Å². The summed E-state index contributed by atoms with van der Waals surface area (Å²) >= 11 is 0. The zero-order valence-electron chi connectivity index (χ0n) is 15.7. The van der Waals surface area contributed by atoms with E-state index in [1.807, 2.05) is 0 Å². The molecule has 1 heterocycles. The van der Waals surface area contributed by atoms with Crippen LogP contribution in [0.15, 0.2) is 34.9 Å². The molecule has 0 amide bonds. The molecule has 0 spiro atoms. The van der Waals surface area contributed by atoms with Gasteiger partial charge < -0.3 is 28.2 Å². The fourth-order valence-corrected chi connectivity index (χ4v) is 2.60. The minimum atomic E-state index is 0.330. The monoisotopic (exact) mass is 372 g/mol. The van der Waals surface area contributed by atoms with Crippen molar-refractivity contribution in [2.24, 2.45) is 0 Å². The maximum atomic E-state index is 5.42. The first kappa shape index (κ1) is 18.4. The second kappa shape index (κ2) is 7.86. The molecule has 0 aliphatic rings. The van der Waals surface area contributed by atoms with Crippen molar-refractivity contribution in [1.82, 2.24) is 10.1 Å². The minimum absolute atomic E-state index is 0.330. The number of ether oxygens (including phenoxy) is 5. The van der Waals surface area contributed by atoms with Gasteiger partial charge in [0.1, 0.15) is 11.5 Å². The van der Waals surface area contributed by atoms with Crippen LogP contribution < -0.4 is 23.7 Å². The Morgan fingerprint density at radius 1 is 0.667 bits per heavy atom. The highest BCUT2D eigenvalue weighted by Gasteiger charge is 2.18. The molecule has 0 unspecified atom stereocenters. The highest BCUT2D eigenvalue weighted by atomic mass is 16.5. The van der Waals surface area contributed by atoms with E-state index in [1.54, 1.807) is 65.9 Å². The van der Waals surface area contributed by atoms with Crippen molar-refractivity contribution >= 4 is 0 Å². The Morgan fingerprint density at radius 2 is 1.26 bits per heavy atom. The van der Waals surface area contributed by atoms with Crippen molar-refractivity contribution in [2.75, 3.05) is 35.5 Å². The molecule has 2 aromatic carbocycles. The highest BCUT2D eigenvalue weighted by molar-refractivity contribution is 5.68. The molecule has 0 N–H and O–H groups in total. The Morgan fingerprint density at radius 3 is 1.74 bits per heavy atom. The van der Waals surface area contributed by atoms with Gasteiger partial charge in [0.15, 0.2) is 11.5 Å². The third-order valence-electron chi connectivity index (χ3n) is 3.95. The Kier molecular flexibility index (Phi) is 5.35. The Bertz CT molecular complexity index is 890. The molecule has 27 heavy (non-hydrogen) atoms. The molecule has 0 saturated carbocycles. The molecule has 0 radical (unpaired) electrons. The van der Waals surface area contributed by atoms with Crippen molar-refractivity contribution in [3.63, 3.8) is 0 Å². The Balaban J connectivity index is 2.04. The molecule has 142 valence electrons.